The van der Waals surface area contributed by atoms with Crippen LogP contribution in [0.5, 0.6) is 0 Å². The van der Waals surface area contributed by atoms with E-state index in [1.54, 1.807) is 0 Å². The van der Waals surface area contributed by atoms with Crippen LogP contribution in [0, 0.1) is 0 Å². The van der Waals surface area contributed by atoms with Gasteiger partial charge in [-0.15, -0.1) is 22.7 Å². The molecule has 0 unspecified atom stereocenters. The van der Waals surface area contributed by atoms with Crippen molar-refractivity contribution in [2.45, 2.75) is 0 Å². The molecule has 0 bridgehead atoms. The number of hydrogen-bond donors (Lipinski definition) is 0. The van der Waals surface area contributed by atoms with Crippen molar-refractivity contribution in [3.63, 3.8) is 0 Å². The van der Waals surface area contributed by atoms with Gasteiger partial charge in [0.25, 0.3) is 0 Å². The van der Waals surface area contributed by atoms with Gasteiger partial charge >= 0.3 is 0 Å². The topological polar surface area (TPSA) is 25.8 Å². The molecule has 0 saturated heterocycles. The molecule has 0 fully saturated rings. The number of rotatable bonds is 5. The highest BCUT2D eigenvalue weighted by Crippen LogP contribution is 2.41. The molecule has 2 nitrogen and oxygen atoms in total. The molecule has 4 heteroatoms. The fourth-order valence-electron chi connectivity index (χ4n) is 7.83. The Labute approximate surface area is 320 Å². The summed E-state index contributed by atoms with van der Waals surface area (Å²) in [4.78, 5) is 10.6. The number of aromatic nitrogens is 2. The molecule has 0 spiro atoms. The van der Waals surface area contributed by atoms with Gasteiger partial charge in [0, 0.05) is 57.0 Å². The molecule has 0 N–H and O–H groups in total. The zero-order valence-corrected chi connectivity index (χ0v) is 30.7. The second-order valence-electron chi connectivity index (χ2n) is 13.8. The maximum atomic E-state index is 5.38. The van der Waals surface area contributed by atoms with E-state index in [4.69, 9.17) is 9.97 Å². The molecule has 0 saturated carbocycles. The van der Waals surface area contributed by atoms with Crippen molar-refractivity contribution >= 4 is 73.8 Å². The number of benzene rings is 8. The van der Waals surface area contributed by atoms with Crippen molar-refractivity contribution in [1.82, 2.24) is 9.97 Å². The Morgan fingerprint density at radius 2 is 0.889 bits per heavy atom. The molecule has 3 aromatic heterocycles. The fraction of sp³-hybridized carbons (Fsp3) is 0. The molecule has 0 amide bonds. The molecule has 54 heavy (non-hydrogen) atoms. The van der Waals surface area contributed by atoms with E-state index in [0.717, 1.165) is 39.2 Å². The van der Waals surface area contributed by atoms with Gasteiger partial charge in [-0.3, -0.25) is 0 Å². The fourth-order valence-corrected chi connectivity index (χ4v) is 10.1. The predicted molar refractivity (Wildman–Crippen MR) is 232 cm³/mol. The maximum Gasteiger partial charge on any atom is 0.160 e. The Bertz CT molecular complexity index is 3220. The first-order valence-corrected chi connectivity index (χ1v) is 19.8. The first-order chi connectivity index (χ1) is 26.7. The highest BCUT2D eigenvalue weighted by Gasteiger charge is 2.16. The Hall–Kier alpha value is -6.46. The van der Waals surface area contributed by atoms with Gasteiger partial charge < -0.3 is 0 Å². The summed E-state index contributed by atoms with van der Waals surface area (Å²) in [6, 6.07) is 65.7. The van der Waals surface area contributed by atoms with Gasteiger partial charge in [0.2, 0.25) is 0 Å². The van der Waals surface area contributed by atoms with Crippen molar-refractivity contribution < 1.29 is 0 Å². The van der Waals surface area contributed by atoms with Gasteiger partial charge in [0.15, 0.2) is 5.82 Å². The number of hydrogen-bond acceptors (Lipinski definition) is 4. The standard InChI is InChI=1S/C50H30N2S2/c1-2-12-32(13-3-1)44-30-45(52-50(51-44)34-22-24-48-43(28-34)41-17-7-9-20-47(41)53-48)37-26-35(25-36(27-37)39-18-10-14-31-11-4-5-15-38(31)39)33-21-23-42-40-16-6-8-19-46(40)54-49(42)29-33/h1-30H. The third-order valence-corrected chi connectivity index (χ3v) is 12.8. The molecule has 0 atom stereocenters. The van der Waals surface area contributed by atoms with E-state index in [1.807, 2.05) is 22.7 Å². The number of nitrogens with zero attached hydrogens (tertiary/aromatic N) is 2. The van der Waals surface area contributed by atoms with Crippen molar-refractivity contribution in [2.75, 3.05) is 0 Å². The Kier molecular flexibility index (Phi) is 7.25. The minimum absolute atomic E-state index is 0.715. The highest BCUT2D eigenvalue weighted by atomic mass is 32.1. The van der Waals surface area contributed by atoms with Crippen LogP contribution in [0.1, 0.15) is 0 Å². The quantitative estimate of drug-likeness (QED) is 0.177. The van der Waals surface area contributed by atoms with Gasteiger partial charge in [-0.1, -0.05) is 121 Å². The normalized spacial score (nSPS) is 11.7. The van der Waals surface area contributed by atoms with Crippen molar-refractivity contribution in [1.29, 1.82) is 0 Å². The van der Waals surface area contributed by atoms with Crippen LogP contribution in [0.25, 0.3) is 107 Å². The third-order valence-electron chi connectivity index (χ3n) is 10.5. The van der Waals surface area contributed by atoms with E-state index < -0.39 is 0 Å². The zero-order valence-electron chi connectivity index (χ0n) is 29.0. The molecule has 0 aliphatic rings. The maximum absolute atomic E-state index is 5.38. The summed E-state index contributed by atoms with van der Waals surface area (Å²) in [5, 5.41) is 7.56. The monoisotopic (exact) mass is 722 g/mol. The lowest BCUT2D eigenvalue weighted by Gasteiger charge is -2.14. The zero-order chi connectivity index (χ0) is 35.6. The predicted octanol–water partition coefficient (Wildman–Crippen LogP) is 14.7. The lowest BCUT2D eigenvalue weighted by atomic mass is 9.92. The van der Waals surface area contributed by atoms with Gasteiger partial charge in [0.05, 0.1) is 11.4 Å². The van der Waals surface area contributed by atoms with Gasteiger partial charge in [-0.05, 0) is 93.7 Å². The molecule has 0 radical (unpaired) electrons. The Morgan fingerprint density at radius 1 is 0.296 bits per heavy atom. The van der Waals surface area contributed by atoms with Crippen LogP contribution in [0.4, 0.5) is 0 Å². The second-order valence-corrected chi connectivity index (χ2v) is 15.9. The largest absolute Gasteiger partial charge is 0.228 e. The summed E-state index contributed by atoms with van der Waals surface area (Å²) < 4.78 is 5.15. The van der Waals surface area contributed by atoms with E-state index in [1.165, 1.54) is 62.2 Å². The minimum atomic E-state index is 0.715. The smallest absolute Gasteiger partial charge is 0.160 e. The number of fused-ring (bicyclic) bond motifs is 7. The van der Waals surface area contributed by atoms with E-state index >= 15 is 0 Å². The number of thiophene rings is 2. The SMILES string of the molecule is c1ccc(-c2cc(-c3cc(-c4ccc5c(c4)sc4ccccc45)cc(-c4cccc5ccccc45)c3)nc(-c3ccc4sc5ccccc5c4c3)n2)cc1. The van der Waals surface area contributed by atoms with Crippen molar-refractivity contribution in [3.05, 3.63) is 182 Å². The molecule has 8 aromatic carbocycles. The van der Waals surface area contributed by atoms with Crippen LogP contribution < -0.4 is 0 Å². The summed E-state index contributed by atoms with van der Waals surface area (Å²) >= 11 is 3.68. The second kappa shape index (κ2) is 12.6. The van der Waals surface area contributed by atoms with E-state index in [-0.39, 0.29) is 0 Å². The molecule has 3 heterocycles. The molecular formula is C50H30N2S2. The van der Waals surface area contributed by atoms with Gasteiger partial charge in [-0.2, -0.15) is 0 Å². The van der Waals surface area contributed by atoms with Crippen LogP contribution in [0.2, 0.25) is 0 Å². The Morgan fingerprint density at radius 3 is 1.72 bits per heavy atom. The molecular weight excluding hydrogens is 693 g/mol. The Balaban J connectivity index is 1.15. The lowest BCUT2D eigenvalue weighted by Crippen LogP contribution is -1.96. The average Bonchev–Trinajstić information content (AvgIpc) is 3.81. The van der Waals surface area contributed by atoms with Crippen LogP contribution in [0.15, 0.2) is 182 Å². The lowest BCUT2D eigenvalue weighted by molar-refractivity contribution is 1.18. The van der Waals surface area contributed by atoms with Gasteiger partial charge in [-0.25, -0.2) is 9.97 Å². The van der Waals surface area contributed by atoms with Crippen LogP contribution in [-0.4, -0.2) is 9.97 Å². The van der Waals surface area contributed by atoms with E-state index in [9.17, 15) is 0 Å². The molecule has 11 aromatic rings. The highest BCUT2D eigenvalue weighted by molar-refractivity contribution is 7.26. The summed E-state index contributed by atoms with van der Waals surface area (Å²) in [6.45, 7) is 0. The molecule has 11 rings (SSSR count). The van der Waals surface area contributed by atoms with Crippen molar-refractivity contribution in [3.8, 4) is 56.2 Å². The molecule has 0 aliphatic heterocycles. The van der Waals surface area contributed by atoms with Crippen LogP contribution in [-0.2, 0) is 0 Å². The van der Waals surface area contributed by atoms with Crippen LogP contribution >= 0.6 is 22.7 Å². The van der Waals surface area contributed by atoms with Crippen molar-refractivity contribution in [2.24, 2.45) is 0 Å². The van der Waals surface area contributed by atoms with Gasteiger partial charge in [0.1, 0.15) is 0 Å². The van der Waals surface area contributed by atoms with E-state index in [2.05, 4.69) is 182 Å². The average molecular weight is 723 g/mol. The van der Waals surface area contributed by atoms with E-state index in [0.29, 0.717) is 5.82 Å². The van der Waals surface area contributed by atoms with Crippen LogP contribution in [0.3, 0.4) is 0 Å². The molecule has 252 valence electrons. The summed E-state index contributed by atoms with van der Waals surface area (Å²) in [5.74, 6) is 0.715. The first kappa shape index (κ1) is 31.1. The summed E-state index contributed by atoms with van der Waals surface area (Å²) in [5.41, 5.74) is 9.60. The summed E-state index contributed by atoms with van der Waals surface area (Å²) in [7, 11) is 0. The summed E-state index contributed by atoms with van der Waals surface area (Å²) in [6.07, 6.45) is 0. The molecule has 0 aliphatic carbocycles. The third kappa shape index (κ3) is 5.30. The first-order valence-electron chi connectivity index (χ1n) is 18.1. The minimum Gasteiger partial charge on any atom is -0.228 e.